The molecule has 3 rings (SSSR count). The Morgan fingerprint density at radius 3 is 2.08 bits per heavy atom. The second-order valence-electron chi connectivity index (χ2n) is 6.94. The molecule has 1 N–H and O–H groups in total. The summed E-state index contributed by atoms with van der Waals surface area (Å²) in [6.07, 6.45) is 2.09. The van der Waals surface area contributed by atoms with Crippen LogP contribution in [0, 0.1) is 26.7 Å². The van der Waals surface area contributed by atoms with Gasteiger partial charge in [-0.1, -0.05) is 29.8 Å². The Morgan fingerprint density at radius 1 is 1.04 bits per heavy atom. The maximum Gasteiger partial charge on any atom is 0.241 e. The number of nitrogens with one attached hydrogen (secondary N) is 1. The predicted molar refractivity (Wildman–Crippen MR) is 99.4 cm³/mol. The summed E-state index contributed by atoms with van der Waals surface area (Å²) in [5, 5.41) is 0. The maximum absolute atomic E-state index is 13.1. The Bertz CT molecular complexity index is 845. The first-order valence-corrected chi connectivity index (χ1v) is 10.0. The summed E-state index contributed by atoms with van der Waals surface area (Å²) in [4.78, 5) is 0.400. The zero-order chi connectivity index (χ0) is 18.2. The Hall–Kier alpha value is -1.85. The van der Waals surface area contributed by atoms with Gasteiger partial charge in [0.25, 0.3) is 0 Å². The maximum atomic E-state index is 13.1. The summed E-state index contributed by atoms with van der Waals surface area (Å²) in [7, 11) is -1.96. The van der Waals surface area contributed by atoms with E-state index >= 15 is 0 Å². The van der Waals surface area contributed by atoms with Gasteiger partial charge in [-0.05, 0) is 68.4 Å². The summed E-state index contributed by atoms with van der Waals surface area (Å²) in [6, 6.07) is 11.3. The second kappa shape index (κ2) is 6.81. The van der Waals surface area contributed by atoms with Gasteiger partial charge in [0.1, 0.15) is 5.75 Å². The molecule has 0 spiro atoms. The van der Waals surface area contributed by atoms with Crippen LogP contribution in [-0.2, 0) is 10.0 Å². The number of hydrogen-bond acceptors (Lipinski definition) is 3. The minimum Gasteiger partial charge on any atom is -0.497 e. The Labute approximate surface area is 150 Å². The summed E-state index contributed by atoms with van der Waals surface area (Å²) in [5.41, 5.74) is 3.63. The average Bonchev–Trinajstić information content (AvgIpc) is 3.36. The quantitative estimate of drug-likeness (QED) is 0.846. The molecule has 2 aromatic carbocycles. The fraction of sp³-hybridized carbons (Fsp3) is 0.400. The Kier molecular flexibility index (Phi) is 4.89. The zero-order valence-corrected chi connectivity index (χ0v) is 16.0. The average molecular weight is 359 g/mol. The molecule has 25 heavy (non-hydrogen) atoms. The molecule has 0 radical (unpaired) electrons. The van der Waals surface area contributed by atoms with Gasteiger partial charge >= 0.3 is 0 Å². The van der Waals surface area contributed by atoms with E-state index in [1.165, 1.54) is 0 Å². The SMILES string of the molecule is COc1ccc(C(NS(=O)(=O)c2c(C)cc(C)cc2C)C2CC2)cc1. The highest BCUT2D eigenvalue weighted by molar-refractivity contribution is 7.89. The van der Waals surface area contributed by atoms with Crippen molar-refractivity contribution < 1.29 is 13.2 Å². The van der Waals surface area contributed by atoms with E-state index in [0.717, 1.165) is 40.8 Å². The first-order chi connectivity index (χ1) is 11.8. The van der Waals surface area contributed by atoms with Crippen molar-refractivity contribution in [1.29, 1.82) is 0 Å². The first-order valence-electron chi connectivity index (χ1n) is 8.56. The van der Waals surface area contributed by atoms with Gasteiger partial charge in [-0.3, -0.25) is 0 Å². The molecule has 1 fully saturated rings. The number of methoxy groups -OCH3 is 1. The van der Waals surface area contributed by atoms with Gasteiger partial charge < -0.3 is 4.74 Å². The first kappa shape index (κ1) is 18.0. The number of benzene rings is 2. The van der Waals surface area contributed by atoms with E-state index in [1.54, 1.807) is 7.11 Å². The van der Waals surface area contributed by atoms with Crippen LogP contribution in [0.3, 0.4) is 0 Å². The third-order valence-corrected chi connectivity index (χ3v) is 6.47. The number of hydrogen-bond donors (Lipinski definition) is 1. The van der Waals surface area contributed by atoms with Crippen LogP contribution in [0.15, 0.2) is 41.3 Å². The van der Waals surface area contributed by atoms with E-state index in [4.69, 9.17) is 4.74 Å². The van der Waals surface area contributed by atoms with Crippen LogP contribution in [0.25, 0.3) is 0 Å². The fourth-order valence-electron chi connectivity index (χ4n) is 3.49. The van der Waals surface area contributed by atoms with Gasteiger partial charge in [0.15, 0.2) is 0 Å². The van der Waals surface area contributed by atoms with Crippen molar-refractivity contribution in [1.82, 2.24) is 4.72 Å². The predicted octanol–water partition coefficient (Wildman–Crippen LogP) is 4.05. The lowest BCUT2D eigenvalue weighted by Gasteiger charge is -2.21. The van der Waals surface area contributed by atoms with Gasteiger partial charge in [-0.2, -0.15) is 0 Å². The molecule has 1 atom stereocenters. The van der Waals surface area contributed by atoms with Crippen molar-refractivity contribution >= 4 is 10.0 Å². The minimum atomic E-state index is -3.59. The molecule has 0 bridgehead atoms. The number of ether oxygens (including phenoxy) is 1. The molecule has 5 heteroatoms. The number of rotatable bonds is 6. The number of sulfonamides is 1. The molecule has 2 aromatic rings. The smallest absolute Gasteiger partial charge is 0.241 e. The van der Waals surface area contributed by atoms with Crippen LogP contribution in [0.5, 0.6) is 5.75 Å². The van der Waals surface area contributed by atoms with Crippen LogP contribution < -0.4 is 9.46 Å². The summed E-state index contributed by atoms with van der Waals surface area (Å²) in [5.74, 6) is 1.13. The van der Waals surface area contributed by atoms with Crippen LogP contribution in [0.4, 0.5) is 0 Å². The summed E-state index contributed by atoms with van der Waals surface area (Å²) >= 11 is 0. The monoisotopic (exact) mass is 359 g/mol. The number of aryl methyl sites for hydroxylation is 3. The molecule has 1 aliphatic carbocycles. The summed E-state index contributed by atoms with van der Waals surface area (Å²) in [6.45, 7) is 5.69. The lowest BCUT2D eigenvalue weighted by atomic mass is 10.0. The molecule has 0 saturated heterocycles. The van der Waals surface area contributed by atoms with Crippen LogP contribution in [0.2, 0.25) is 0 Å². The molecule has 0 aromatic heterocycles. The minimum absolute atomic E-state index is 0.198. The molecule has 1 aliphatic rings. The fourth-order valence-corrected chi connectivity index (χ4v) is 5.24. The van der Waals surface area contributed by atoms with Crippen molar-refractivity contribution in [2.75, 3.05) is 7.11 Å². The highest BCUT2D eigenvalue weighted by atomic mass is 32.2. The third kappa shape index (κ3) is 3.88. The van der Waals surface area contributed by atoms with Gasteiger partial charge in [0.05, 0.1) is 12.0 Å². The van der Waals surface area contributed by atoms with Gasteiger partial charge in [0.2, 0.25) is 10.0 Å². The van der Waals surface area contributed by atoms with Crippen molar-refractivity contribution in [3.05, 3.63) is 58.7 Å². The Morgan fingerprint density at radius 2 is 1.60 bits per heavy atom. The van der Waals surface area contributed by atoms with Crippen LogP contribution in [0.1, 0.15) is 41.1 Å². The second-order valence-corrected chi connectivity index (χ2v) is 8.59. The molecule has 1 unspecified atom stereocenters. The molecular weight excluding hydrogens is 334 g/mol. The molecular formula is C20H25NO3S. The lowest BCUT2D eigenvalue weighted by Crippen LogP contribution is -2.31. The van der Waals surface area contributed by atoms with E-state index < -0.39 is 10.0 Å². The van der Waals surface area contributed by atoms with Crippen molar-refractivity contribution in [3.8, 4) is 5.75 Å². The molecule has 0 heterocycles. The van der Waals surface area contributed by atoms with Gasteiger partial charge in [-0.15, -0.1) is 0 Å². The van der Waals surface area contributed by atoms with Crippen molar-refractivity contribution in [2.45, 2.75) is 44.6 Å². The van der Waals surface area contributed by atoms with Gasteiger partial charge in [0, 0.05) is 6.04 Å². The molecule has 4 nitrogen and oxygen atoms in total. The van der Waals surface area contributed by atoms with Crippen LogP contribution in [-0.4, -0.2) is 15.5 Å². The Balaban J connectivity index is 1.94. The van der Waals surface area contributed by atoms with E-state index in [1.807, 2.05) is 57.2 Å². The normalized spacial score (nSPS) is 15.8. The van der Waals surface area contributed by atoms with E-state index in [9.17, 15) is 8.42 Å². The van der Waals surface area contributed by atoms with E-state index in [2.05, 4.69) is 4.72 Å². The molecule has 1 saturated carbocycles. The molecule has 0 amide bonds. The zero-order valence-electron chi connectivity index (χ0n) is 15.2. The van der Waals surface area contributed by atoms with Crippen LogP contribution >= 0.6 is 0 Å². The third-order valence-electron chi connectivity index (χ3n) is 4.72. The van der Waals surface area contributed by atoms with Crippen molar-refractivity contribution in [3.63, 3.8) is 0 Å². The molecule has 0 aliphatic heterocycles. The van der Waals surface area contributed by atoms with E-state index in [-0.39, 0.29) is 6.04 Å². The highest BCUT2D eigenvalue weighted by Crippen LogP contribution is 2.42. The summed E-state index contributed by atoms with van der Waals surface area (Å²) < 4.78 is 34.3. The van der Waals surface area contributed by atoms with Crippen molar-refractivity contribution in [2.24, 2.45) is 5.92 Å². The molecule has 134 valence electrons. The van der Waals surface area contributed by atoms with E-state index in [0.29, 0.717) is 10.8 Å². The largest absolute Gasteiger partial charge is 0.497 e. The topological polar surface area (TPSA) is 55.4 Å². The lowest BCUT2D eigenvalue weighted by molar-refractivity contribution is 0.414. The highest BCUT2D eigenvalue weighted by Gasteiger charge is 2.36. The standard InChI is InChI=1S/C20H25NO3S/c1-13-11-14(2)20(15(3)12-13)25(22,23)21-19(16-5-6-16)17-7-9-18(24-4)10-8-17/h7-12,16,19,21H,5-6H2,1-4H3. The van der Waals surface area contributed by atoms with Gasteiger partial charge in [-0.25, -0.2) is 13.1 Å².